The van der Waals surface area contributed by atoms with Gasteiger partial charge in [0.1, 0.15) is 0 Å². The van der Waals surface area contributed by atoms with Gasteiger partial charge in [0.15, 0.2) is 0 Å². The lowest BCUT2D eigenvalue weighted by atomic mass is 9.81. The van der Waals surface area contributed by atoms with E-state index in [2.05, 4.69) is 21.2 Å². The highest BCUT2D eigenvalue weighted by Crippen LogP contribution is 2.39. The maximum absolute atomic E-state index is 12.6. The number of amides is 1. The van der Waals surface area contributed by atoms with Crippen molar-refractivity contribution in [3.8, 4) is 0 Å². The van der Waals surface area contributed by atoms with Gasteiger partial charge in [0.2, 0.25) is 5.91 Å². The number of carbonyl (C=O) groups excluding carboxylic acids is 1. The van der Waals surface area contributed by atoms with Crippen LogP contribution in [0.25, 0.3) is 0 Å². The topological polar surface area (TPSA) is 29.1 Å². The molecule has 0 bridgehead atoms. The van der Waals surface area contributed by atoms with Gasteiger partial charge in [-0.1, -0.05) is 22.0 Å². The molecule has 1 aliphatic carbocycles. The van der Waals surface area contributed by atoms with Crippen LogP contribution in [-0.4, -0.2) is 12.1 Å². The van der Waals surface area contributed by atoms with Crippen molar-refractivity contribution in [2.45, 2.75) is 38.8 Å². The molecule has 1 aliphatic rings. The van der Waals surface area contributed by atoms with Crippen LogP contribution in [0.15, 0.2) is 22.7 Å². The SMILES string of the molecule is Cc1c(Br)cccc1NC(=O)C1CCC(C(F)(F)F)CC1. The number of nitrogens with one attached hydrogen (secondary N) is 1. The second-order valence-corrected chi connectivity index (χ2v) is 6.35. The molecule has 0 saturated heterocycles. The Labute approximate surface area is 130 Å². The van der Waals surface area contributed by atoms with Gasteiger partial charge < -0.3 is 5.32 Å². The molecular formula is C15H17BrF3NO. The summed E-state index contributed by atoms with van der Waals surface area (Å²) < 4.78 is 38.7. The Morgan fingerprint density at radius 3 is 2.43 bits per heavy atom. The fraction of sp³-hybridized carbons (Fsp3) is 0.533. The van der Waals surface area contributed by atoms with E-state index in [1.807, 2.05) is 19.1 Å². The van der Waals surface area contributed by atoms with Crippen LogP contribution in [0.1, 0.15) is 31.2 Å². The zero-order chi connectivity index (χ0) is 15.6. The van der Waals surface area contributed by atoms with Crippen molar-refractivity contribution in [2.24, 2.45) is 11.8 Å². The summed E-state index contributed by atoms with van der Waals surface area (Å²) in [6.45, 7) is 1.88. The van der Waals surface area contributed by atoms with Crippen molar-refractivity contribution in [3.63, 3.8) is 0 Å². The van der Waals surface area contributed by atoms with E-state index in [0.29, 0.717) is 18.5 Å². The first kappa shape index (κ1) is 16.3. The highest BCUT2D eigenvalue weighted by Gasteiger charge is 2.42. The van der Waals surface area contributed by atoms with Crippen LogP contribution in [0.5, 0.6) is 0 Å². The van der Waals surface area contributed by atoms with Gasteiger partial charge in [-0.2, -0.15) is 13.2 Å². The van der Waals surface area contributed by atoms with Gasteiger partial charge in [-0.3, -0.25) is 4.79 Å². The first-order valence-corrected chi connectivity index (χ1v) is 7.71. The quantitative estimate of drug-likeness (QED) is 0.781. The third-order valence-electron chi connectivity index (χ3n) is 4.09. The molecule has 116 valence electrons. The van der Waals surface area contributed by atoms with E-state index in [0.717, 1.165) is 10.0 Å². The van der Waals surface area contributed by atoms with Gasteiger partial charge >= 0.3 is 6.18 Å². The largest absolute Gasteiger partial charge is 0.391 e. The second-order valence-electron chi connectivity index (χ2n) is 5.49. The summed E-state index contributed by atoms with van der Waals surface area (Å²) in [7, 11) is 0. The van der Waals surface area contributed by atoms with E-state index in [1.165, 1.54) is 0 Å². The van der Waals surface area contributed by atoms with Crippen molar-refractivity contribution in [3.05, 3.63) is 28.2 Å². The predicted octanol–water partition coefficient (Wildman–Crippen LogP) is 5.06. The lowest BCUT2D eigenvalue weighted by Crippen LogP contribution is -2.32. The Balaban J connectivity index is 1.95. The number of benzene rings is 1. The van der Waals surface area contributed by atoms with E-state index >= 15 is 0 Å². The number of hydrogen-bond acceptors (Lipinski definition) is 1. The fourth-order valence-corrected chi connectivity index (χ4v) is 3.03. The van der Waals surface area contributed by atoms with Crippen LogP contribution in [0, 0.1) is 18.8 Å². The van der Waals surface area contributed by atoms with Crippen LogP contribution >= 0.6 is 15.9 Å². The molecule has 21 heavy (non-hydrogen) atoms. The third-order valence-corrected chi connectivity index (χ3v) is 4.95. The molecule has 0 aliphatic heterocycles. The molecular weight excluding hydrogens is 347 g/mol. The van der Waals surface area contributed by atoms with Crippen molar-refractivity contribution in [1.29, 1.82) is 0 Å². The average Bonchev–Trinajstić information content (AvgIpc) is 2.43. The smallest absolute Gasteiger partial charge is 0.326 e. The van der Waals surface area contributed by atoms with Gasteiger partial charge in [-0.15, -0.1) is 0 Å². The zero-order valence-electron chi connectivity index (χ0n) is 11.6. The van der Waals surface area contributed by atoms with Crippen LogP contribution in [0.2, 0.25) is 0 Å². The van der Waals surface area contributed by atoms with E-state index in [9.17, 15) is 18.0 Å². The minimum absolute atomic E-state index is 0.0407. The summed E-state index contributed by atoms with van der Waals surface area (Å²) in [5.41, 5.74) is 1.61. The average molecular weight is 364 g/mol. The molecule has 0 radical (unpaired) electrons. The summed E-state index contributed by atoms with van der Waals surface area (Å²) >= 11 is 3.39. The molecule has 0 spiro atoms. The Morgan fingerprint density at radius 2 is 1.86 bits per heavy atom. The number of alkyl halides is 3. The standard InChI is InChI=1S/C15H17BrF3NO/c1-9-12(16)3-2-4-13(9)20-14(21)10-5-7-11(8-6-10)15(17,18)19/h2-4,10-11H,5-8H2,1H3,(H,20,21). The summed E-state index contributed by atoms with van der Waals surface area (Å²) in [5, 5.41) is 2.82. The van der Waals surface area contributed by atoms with Gasteiger partial charge in [-0.25, -0.2) is 0 Å². The Bertz CT molecular complexity index is 522. The summed E-state index contributed by atoms with van der Waals surface area (Å²) in [6.07, 6.45) is -3.47. The monoisotopic (exact) mass is 363 g/mol. The lowest BCUT2D eigenvalue weighted by molar-refractivity contribution is -0.184. The predicted molar refractivity (Wildman–Crippen MR) is 79.0 cm³/mol. The van der Waals surface area contributed by atoms with Gasteiger partial charge in [0.05, 0.1) is 5.92 Å². The Morgan fingerprint density at radius 1 is 1.24 bits per heavy atom. The molecule has 6 heteroatoms. The first-order chi connectivity index (χ1) is 9.79. The van der Waals surface area contributed by atoms with Crippen LogP contribution < -0.4 is 5.32 Å². The molecule has 1 aromatic rings. The van der Waals surface area contributed by atoms with Gasteiger partial charge in [0.25, 0.3) is 0 Å². The molecule has 1 aromatic carbocycles. The van der Waals surface area contributed by atoms with E-state index in [4.69, 9.17) is 0 Å². The van der Waals surface area contributed by atoms with Crippen molar-refractivity contribution in [2.75, 3.05) is 5.32 Å². The maximum Gasteiger partial charge on any atom is 0.391 e. The molecule has 2 nitrogen and oxygen atoms in total. The number of carbonyl (C=O) groups is 1. The molecule has 1 N–H and O–H groups in total. The lowest BCUT2D eigenvalue weighted by Gasteiger charge is -2.29. The number of halogens is 4. The molecule has 0 atom stereocenters. The molecule has 1 fully saturated rings. The molecule has 1 saturated carbocycles. The number of anilines is 1. The summed E-state index contributed by atoms with van der Waals surface area (Å²) in [6, 6.07) is 5.48. The van der Waals surface area contributed by atoms with E-state index in [-0.39, 0.29) is 24.7 Å². The summed E-state index contributed by atoms with van der Waals surface area (Å²) in [4.78, 5) is 12.2. The van der Waals surface area contributed by atoms with Crippen LogP contribution in [-0.2, 0) is 4.79 Å². The minimum atomic E-state index is -4.14. The van der Waals surface area contributed by atoms with E-state index in [1.54, 1.807) is 6.07 Å². The van der Waals surface area contributed by atoms with E-state index < -0.39 is 12.1 Å². The number of hydrogen-bond donors (Lipinski definition) is 1. The fourth-order valence-electron chi connectivity index (χ4n) is 2.66. The zero-order valence-corrected chi connectivity index (χ0v) is 13.2. The molecule has 1 amide bonds. The highest BCUT2D eigenvalue weighted by molar-refractivity contribution is 9.10. The van der Waals surface area contributed by atoms with Crippen LogP contribution in [0.4, 0.5) is 18.9 Å². The van der Waals surface area contributed by atoms with Crippen molar-refractivity contribution in [1.82, 2.24) is 0 Å². The maximum atomic E-state index is 12.6. The van der Waals surface area contributed by atoms with Crippen molar-refractivity contribution >= 4 is 27.5 Å². The second kappa shape index (κ2) is 6.38. The molecule has 2 rings (SSSR count). The van der Waals surface area contributed by atoms with Crippen LogP contribution in [0.3, 0.4) is 0 Å². The van der Waals surface area contributed by atoms with Crippen molar-refractivity contribution < 1.29 is 18.0 Å². The van der Waals surface area contributed by atoms with Gasteiger partial charge in [0, 0.05) is 16.1 Å². The Hall–Kier alpha value is -1.04. The minimum Gasteiger partial charge on any atom is -0.326 e. The number of rotatable bonds is 2. The molecule has 0 heterocycles. The third kappa shape index (κ3) is 3.99. The normalized spacial score (nSPS) is 22.9. The highest BCUT2D eigenvalue weighted by atomic mass is 79.9. The van der Waals surface area contributed by atoms with Gasteiger partial charge in [-0.05, 0) is 50.3 Å². The Kier molecular flexibility index (Phi) is 4.96. The molecule has 0 unspecified atom stereocenters. The molecule has 0 aromatic heterocycles. The summed E-state index contributed by atoms with van der Waals surface area (Å²) in [5.74, 6) is -1.77. The first-order valence-electron chi connectivity index (χ1n) is 6.91.